The number of amides is 1. The third-order valence-corrected chi connectivity index (χ3v) is 4.35. The number of nitrogens with zero attached hydrogens (tertiary/aromatic N) is 2. The van der Waals surface area contributed by atoms with Crippen LogP contribution in [0.1, 0.15) is 21.5 Å². The summed E-state index contributed by atoms with van der Waals surface area (Å²) in [5.74, 6) is -0.331. The summed E-state index contributed by atoms with van der Waals surface area (Å²) in [7, 11) is 0. The van der Waals surface area contributed by atoms with Crippen LogP contribution in [0.3, 0.4) is 0 Å². The third-order valence-electron chi connectivity index (χ3n) is 4.35. The molecule has 5 heteroatoms. The molecule has 0 aliphatic heterocycles. The van der Waals surface area contributed by atoms with E-state index in [1.54, 1.807) is 17.0 Å². The van der Waals surface area contributed by atoms with Gasteiger partial charge in [0.05, 0.1) is 4.92 Å². The largest absolute Gasteiger partial charge is 0.334 e. The molecular weight excluding hydrogens is 340 g/mol. The predicted octanol–water partition coefficient (Wildman–Crippen LogP) is 4.48. The molecule has 0 radical (unpaired) electrons. The van der Waals surface area contributed by atoms with Crippen LogP contribution >= 0.6 is 0 Å². The van der Waals surface area contributed by atoms with Crippen molar-refractivity contribution in [2.45, 2.75) is 13.0 Å². The minimum atomic E-state index is -0.509. The normalized spacial score (nSPS) is 10.4. The van der Waals surface area contributed by atoms with Gasteiger partial charge in [0.25, 0.3) is 11.6 Å². The van der Waals surface area contributed by atoms with Gasteiger partial charge < -0.3 is 4.90 Å². The minimum absolute atomic E-state index is 0.117. The number of nitro groups is 1. The second-order valence-electron chi connectivity index (χ2n) is 6.22. The van der Waals surface area contributed by atoms with E-state index in [0.29, 0.717) is 19.5 Å². The maximum Gasteiger partial charge on any atom is 0.282 e. The van der Waals surface area contributed by atoms with Crippen molar-refractivity contribution in [2.75, 3.05) is 6.54 Å². The maximum atomic E-state index is 13.1. The number of para-hydroxylation sites is 1. The summed E-state index contributed by atoms with van der Waals surface area (Å²) >= 11 is 0. The molecule has 0 fully saturated rings. The van der Waals surface area contributed by atoms with E-state index in [2.05, 4.69) is 0 Å². The monoisotopic (exact) mass is 360 g/mol. The van der Waals surface area contributed by atoms with Crippen molar-refractivity contribution in [3.05, 3.63) is 112 Å². The molecule has 0 aliphatic carbocycles. The second-order valence-corrected chi connectivity index (χ2v) is 6.22. The number of carbonyl (C=O) groups excluding carboxylic acids is 1. The van der Waals surface area contributed by atoms with Crippen molar-refractivity contribution in [1.82, 2.24) is 4.90 Å². The Labute approximate surface area is 158 Å². The van der Waals surface area contributed by atoms with Crippen molar-refractivity contribution >= 4 is 11.6 Å². The van der Waals surface area contributed by atoms with E-state index >= 15 is 0 Å². The first kappa shape index (κ1) is 18.3. The van der Waals surface area contributed by atoms with E-state index in [1.807, 2.05) is 60.7 Å². The highest BCUT2D eigenvalue weighted by Gasteiger charge is 2.24. The number of nitro benzene ring substituents is 1. The van der Waals surface area contributed by atoms with Crippen LogP contribution in [-0.4, -0.2) is 22.3 Å². The molecule has 136 valence electrons. The molecule has 3 rings (SSSR count). The summed E-state index contributed by atoms with van der Waals surface area (Å²) in [5.41, 5.74) is 2.05. The van der Waals surface area contributed by atoms with Crippen LogP contribution in [0.25, 0.3) is 0 Å². The highest BCUT2D eigenvalue weighted by molar-refractivity contribution is 5.98. The van der Waals surface area contributed by atoms with Crippen LogP contribution in [-0.2, 0) is 13.0 Å². The Morgan fingerprint density at radius 3 is 2.00 bits per heavy atom. The van der Waals surface area contributed by atoms with E-state index in [4.69, 9.17) is 0 Å². The Morgan fingerprint density at radius 1 is 0.815 bits per heavy atom. The van der Waals surface area contributed by atoms with Crippen LogP contribution < -0.4 is 0 Å². The van der Waals surface area contributed by atoms with Gasteiger partial charge in [-0.15, -0.1) is 0 Å². The summed E-state index contributed by atoms with van der Waals surface area (Å²) in [6, 6.07) is 25.6. The topological polar surface area (TPSA) is 63.4 Å². The molecule has 0 bridgehead atoms. The number of hydrogen-bond acceptors (Lipinski definition) is 3. The zero-order valence-electron chi connectivity index (χ0n) is 14.8. The van der Waals surface area contributed by atoms with Gasteiger partial charge in [0.15, 0.2) is 0 Å². The van der Waals surface area contributed by atoms with E-state index in [-0.39, 0.29) is 17.2 Å². The highest BCUT2D eigenvalue weighted by Crippen LogP contribution is 2.21. The number of benzene rings is 3. The molecule has 0 aromatic heterocycles. The van der Waals surface area contributed by atoms with Gasteiger partial charge in [-0.3, -0.25) is 14.9 Å². The van der Waals surface area contributed by atoms with E-state index in [1.165, 1.54) is 12.1 Å². The average Bonchev–Trinajstić information content (AvgIpc) is 2.72. The van der Waals surface area contributed by atoms with E-state index in [0.717, 1.165) is 11.1 Å². The van der Waals surface area contributed by atoms with Gasteiger partial charge in [-0.1, -0.05) is 72.8 Å². The lowest BCUT2D eigenvalue weighted by molar-refractivity contribution is -0.385. The van der Waals surface area contributed by atoms with Gasteiger partial charge in [-0.05, 0) is 23.6 Å². The molecule has 5 nitrogen and oxygen atoms in total. The SMILES string of the molecule is O=C(c1ccccc1[N+](=O)[O-])N(CCc1ccccc1)Cc1ccccc1. The molecule has 27 heavy (non-hydrogen) atoms. The lowest BCUT2D eigenvalue weighted by Gasteiger charge is -2.23. The Balaban J connectivity index is 1.86. The molecule has 0 N–H and O–H groups in total. The first-order valence-electron chi connectivity index (χ1n) is 8.75. The molecule has 0 atom stereocenters. The zero-order valence-corrected chi connectivity index (χ0v) is 14.8. The lowest BCUT2D eigenvalue weighted by Crippen LogP contribution is -2.33. The molecule has 0 unspecified atom stereocenters. The van der Waals surface area contributed by atoms with Crippen molar-refractivity contribution < 1.29 is 9.72 Å². The van der Waals surface area contributed by atoms with Crippen molar-refractivity contribution in [3.63, 3.8) is 0 Å². The molecule has 0 heterocycles. The Morgan fingerprint density at radius 2 is 1.37 bits per heavy atom. The van der Waals surface area contributed by atoms with Gasteiger partial charge in [0, 0.05) is 19.2 Å². The fourth-order valence-corrected chi connectivity index (χ4v) is 2.95. The standard InChI is InChI=1S/C22H20N2O3/c25-22(20-13-7-8-14-21(20)24(26)27)23(17-19-11-5-2-6-12-19)16-15-18-9-3-1-4-10-18/h1-14H,15-17H2. The minimum Gasteiger partial charge on any atom is -0.334 e. The fraction of sp³-hybridized carbons (Fsp3) is 0.136. The van der Waals surface area contributed by atoms with Gasteiger partial charge in [0.1, 0.15) is 5.56 Å². The molecule has 0 spiro atoms. The van der Waals surface area contributed by atoms with Crippen LogP contribution in [0.15, 0.2) is 84.9 Å². The third kappa shape index (κ3) is 4.79. The lowest BCUT2D eigenvalue weighted by atomic mass is 10.1. The molecule has 0 saturated heterocycles. The second kappa shape index (κ2) is 8.76. The summed E-state index contributed by atoms with van der Waals surface area (Å²) in [4.78, 5) is 25.6. The molecule has 1 amide bonds. The fourth-order valence-electron chi connectivity index (χ4n) is 2.95. The number of rotatable bonds is 7. The van der Waals surface area contributed by atoms with Crippen molar-refractivity contribution in [2.24, 2.45) is 0 Å². The molecule has 3 aromatic rings. The molecule has 0 aliphatic rings. The average molecular weight is 360 g/mol. The Bertz CT molecular complexity index is 911. The first-order valence-corrected chi connectivity index (χ1v) is 8.75. The number of hydrogen-bond donors (Lipinski definition) is 0. The summed E-state index contributed by atoms with van der Waals surface area (Å²) in [6.45, 7) is 0.877. The van der Waals surface area contributed by atoms with Crippen LogP contribution in [0.5, 0.6) is 0 Å². The Kier molecular flexibility index (Phi) is 5.94. The summed E-state index contributed by atoms with van der Waals surface area (Å²) < 4.78 is 0. The summed E-state index contributed by atoms with van der Waals surface area (Å²) in [5, 5.41) is 11.3. The molecule has 3 aromatic carbocycles. The van der Waals surface area contributed by atoms with E-state index < -0.39 is 4.92 Å². The van der Waals surface area contributed by atoms with Crippen LogP contribution in [0.4, 0.5) is 5.69 Å². The number of carbonyl (C=O) groups is 1. The van der Waals surface area contributed by atoms with Crippen LogP contribution in [0, 0.1) is 10.1 Å². The van der Waals surface area contributed by atoms with E-state index in [9.17, 15) is 14.9 Å². The van der Waals surface area contributed by atoms with Gasteiger partial charge >= 0.3 is 0 Å². The summed E-state index contributed by atoms with van der Waals surface area (Å²) in [6.07, 6.45) is 0.681. The predicted molar refractivity (Wildman–Crippen MR) is 104 cm³/mol. The van der Waals surface area contributed by atoms with Gasteiger partial charge in [-0.2, -0.15) is 0 Å². The van der Waals surface area contributed by atoms with Gasteiger partial charge in [-0.25, -0.2) is 0 Å². The molecule has 0 saturated carbocycles. The van der Waals surface area contributed by atoms with Crippen LogP contribution in [0.2, 0.25) is 0 Å². The highest BCUT2D eigenvalue weighted by atomic mass is 16.6. The molecular formula is C22H20N2O3. The van der Waals surface area contributed by atoms with Gasteiger partial charge in [0.2, 0.25) is 0 Å². The quantitative estimate of drug-likeness (QED) is 0.461. The smallest absolute Gasteiger partial charge is 0.282 e. The first-order chi connectivity index (χ1) is 13.1. The maximum absolute atomic E-state index is 13.1. The zero-order chi connectivity index (χ0) is 19.1. The van der Waals surface area contributed by atoms with Crippen molar-refractivity contribution in [3.8, 4) is 0 Å². The van der Waals surface area contributed by atoms with Crippen molar-refractivity contribution in [1.29, 1.82) is 0 Å². The Hall–Kier alpha value is -3.47.